The SMILES string of the molecule is C#Cc1ccccc1/C=C(/O)Cc1ccc(C)cc1. The first-order valence-electron chi connectivity index (χ1n) is 6.20. The maximum atomic E-state index is 10.0. The average Bonchev–Trinajstić information content (AvgIpc) is 2.42. The smallest absolute Gasteiger partial charge is 0.0972 e. The van der Waals surface area contributed by atoms with Crippen LogP contribution in [0.5, 0.6) is 0 Å². The number of hydrogen-bond acceptors (Lipinski definition) is 1. The maximum absolute atomic E-state index is 10.0. The molecule has 0 fully saturated rings. The molecule has 0 heterocycles. The van der Waals surface area contributed by atoms with Crippen molar-refractivity contribution in [1.29, 1.82) is 0 Å². The molecule has 0 unspecified atom stereocenters. The van der Waals surface area contributed by atoms with Crippen LogP contribution in [-0.4, -0.2) is 5.11 Å². The fourth-order valence-corrected chi connectivity index (χ4v) is 1.90. The van der Waals surface area contributed by atoms with Gasteiger partial charge in [-0.25, -0.2) is 0 Å². The number of aryl methyl sites for hydroxylation is 1. The average molecular weight is 248 g/mol. The van der Waals surface area contributed by atoms with E-state index in [1.165, 1.54) is 5.56 Å². The van der Waals surface area contributed by atoms with Gasteiger partial charge in [0.25, 0.3) is 0 Å². The highest BCUT2D eigenvalue weighted by atomic mass is 16.3. The van der Waals surface area contributed by atoms with E-state index < -0.39 is 0 Å². The molecule has 0 bridgehead atoms. The third kappa shape index (κ3) is 3.50. The van der Waals surface area contributed by atoms with Crippen LogP contribution in [0.25, 0.3) is 6.08 Å². The monoisotopic (exact) mass is 248 g/mol. The van der Waals surface area contributed by atoms with Crippen molar-refractivity contribution in [3.63, 3.8) is 0 Å². The van der Waals surface area contributed by atoms with E-state index in [1.807, 2.05) is 55.5 Å². The summed E-state index contributed by atoms with van der Waals surface area (Å²) < 4.78 is 0. The molecule has 0 aliphatic heterocycles. The van der Waals surface area contributed by atoms with Crippen molar-refractivity contribution in [1.82, 2.24) is 0 Å². The van der Waals surface area contributed by atoms with Gasteiger partial charge in [-0.2, -0.15) is 0 Å². The summed E-state index contributed by atoms with van der Waals surface area (Å²) in [5.74, 6) is 2.93. The van der Waals surface area contributed by atoms with E-state index in [1.54, 1.807) is 6.08 Å². The van der Waals surface area contributed by atoms with Crippen molar-refractivity contribution in [2.45, 2.75) is 13.3 Å². The van der Waals surface area contributed by atoms with Gasteiger partial charge in [0.1, 0.15) is 0 Å². The predicted molar refractivity (Wildman–Crippen MR) is 79.9 cm³/mol. The van der Waals surface area contributed by atoms with E-state index in [9.17, 15) is 5.11 Å². The number of benzene rings is 2. The van der Waals surface area contributed by atoms with Crippen molar-refractivity contribution in [3.05, 3.63) is 76.5 Å². The summed E-state index contributed by atoms with van der Waals surface area (Å²) >= 11 is 0. The summed E-state index contributed by atoms with van der Waals surface area (Å²) in [4.78, 5) is 0. The molecule has 0 aliphatic rings. The highest BCUT2D eigenvalue weighted by Gasteiger charge is 2.00. The Kier molecular flexibility index (Phi) is 4.05. The molecule has 0 aliphatic carbocycles. The Morgan fingerprint density at radius 3 is 2.53 bits per heavy atom. The number of aliphatic hydroxyl groups excluding tert-OH is 1. The first kappa shape index (κ1) is 13.0. The second kappa shape index (κ2) is 5.93. The van der Waals surface area contributed by atoms with Crippen LogP contribution in [0, 0.1) is 19.3 Å². The number of terminal acetylenes is 1. The van der Waals surface area contributed by atoms with Crippen molar-refractivity contribution >= 4 is 6.08 Å². The third-order valence-electron chi connectivity index (χ3n) is 2.94. The number of allylic oxidation sites excluding steroid dienone is 1. The number of hydrogen-bond donors (Lipinski definition) is 1. The van der Waals surface area contributed by atoms with Gasteiger partial charge >= 0.3 is 0 Å². The Labute approximate surface area is 114 Å². The largest absolute Gasteiger partial charge is 0.512 e. The second-order valence-corrected chi connectivity index (χ2v) is 4.53. The first-order chi connectivity index (χ1) is 9.19. The Hall–Kier alpha value is -2.46. The van der Waals surface area contributed by atoms with Crippen molar-refractivity contribution in [3.8, 4) is 12.3 Å². The Morgan fingerprint density at radius 1 is 1.16 bits per heavy atom. The molecule has 0 saturated heterocycles. The minimum absolute atomic E-state index is 0.312. The van der Waals surface area contributed by atoms with Crippen molar-refractivity contribution < 1.29 is 5.11 Å². The van der Waals surface area contributed by atoms with Crippen LogP contribution < -0.4 is 0 Å². The lowest BCUT2D eigenvalue weighted by atomic mass is 10.0. The first-order valence-corrected chi connectivity index (χ1v) is 6.20. The van der Waals surface area contributed by atoms with E-state index in [4.69, 9.17) is 6.42 Å². The lowest BCUT2D eigenvalue weighted by Crippen LogP contribution is -1.91. The zero-order valence-corrected chi connectivity index (χ0v) is 10.9. The normalized spacial score (nSPS) is 11.1. The van der Waals surface area contributed by atoms with Crippen LogP contribution in [0.15, 0.2) is 54.3 Å². The van der Waals surface area contributed by atoms with E-state index in [-0.39, 0.29) is 0 Å². The summed E-state index contributed by atoms with van der Waals surface area (Å²) in [6.45, 7) is 2.04. The quantitative estimate of drug-likeness (QED) is 0.640. The molecule has 0 radical (unpaired) electrons. The lowest BCUT2D eigenvalue weighted by Gasteiger charge is -2.03. The molecule has 94 valence electrons. The molecule has 1 nitrogen and oxygen atoms in total. The van der Waals surface area contributed by atoms with Crippen LogP contribution >= 0.6 is 0 Å². The van der Waals surface area contributed by atoms with Gasteiger partial charge in [0.05, 0.1) is 5.76 Å². The number of aliphatic hydroxyl groups is 1. The molecule has 0 aromatic heterocycles. The van der Waals surface area contributed by atoms with E-state index in [0.29, 0.717) is 12.2 Å². The Morgan fingerprint density at radius 2 is 1.84 bits per heavy atom. The molecule has 1 heteroatoms. The van der Waals surface area contributed by atoms with Gasteiger partial charge in [-0.05, 0) is 30.2 Å². The lowest BCUT2D eigenvalue weighted by molar-refractivity contribution is 0.404. The number of rotatable bonds is 3. The standard InChI is InChI=1S/C18H16O/c1-3-16-6-4-5-7-17(16)13-18(19)12-15-10-8-14(2)9-11-15/h1,4-11,13,19H,12H2,2H3/b18-13+. The molecule has 0 amide bonds. The van der Waals surface area contributed by atoms with Gasteiger partial charge in [0, 0.05) is 12.0 Å². The van der Waals surface area contributed by atoms with Crippen LogP contribution in [0.4, 0.5) is 0 Å². The topological polar surface area (TPSA) is 20.2 Å². The molecule has 1 N–H and O–H groups in total. The molecular weight excluding hydrogens is 232 g/mol. The van der Waals surface area contributed by atoms with Crippen molar-refractivity contribution in [2.24, 2.45) is 0 Å². The van der Waals surface area contributed by atoms with E-state index in [0.717, 1.165) is 16.7 Å². The van der Waals surface area contributed by atoms with Gasteiger partial charge in [0.2, 0.25) is 0 Å². The van der Waals surface area contributed by atoms with E-state index >= 15 is 0 Å². The molecule has 2 aromatic carbocycles. The van der Waals surface area contributed by atoms with Crippen molar-refractivity contribution in [2.75, 3.05) is 0 Å². The minimum Gasteiger partial charge on any atom is -0.512 e. The summed E-state index contributed by atoms with van der Waals surface area (Å²) in [6.07, 6.45) is 7.68. The predicted octanol–water partition coefficient (Wildman–Crippen LogP) is 4.12. The zero-order chi connectivity index (χ0) is 13.7. The summed E-state index contributed by atoms with van der Waals surface area (Å²) in [6, 6.07) is 15.7. The van der Waals surface area contributed by atoms with Crippen LogP contribution in [0.2, 0.25) is 0 Å². The van der Waals surface area contributed by atoms with Crippen LogP contribution in [-0.2, 0) is 6.42 Å². The van der Waals surface area contributed by atoms with Gasteiger partial charge in [-0.3, -0.25) is 0 Å². The molecule has 0 spiro atoms. The van der Waals surface area contributed by atoms with Crippen LogP contribution in [0.3, 0.4) is 0 Å². The van der Waals surface area contributed by atoms with E-state index in [2.05, 4.69) is 5.92 Å². The second-order valence-electron chi connectivity index (χ2n) is 4.53. The molecular formula is C18H16O. The third-order valence-corrected chi connectivity index (χ3v) is 2.94. The van der Waals surface area contributed by atoms with Crippen LogP contribution in [0.1, 0.15) is 22.3 Å². The fraction of sp³-hybridized carbons (Fsp3) is 0.111. The fourth-order valence-electron chi connectivity index (χ4n) is 1.90. The molecule has 0 atom stereocenters. The Bertz CT molecular complexity index is 627. The molecule has 2 aromatic rings. The maximum Gasteiger partial charge on any atom is 0.0972 e. The molecule has 19 heavy (non-hydrogen) atoms. The van der Waals surface area contributed by atoms with Gasteiger partial charge < -0.3 is 5.11 Å². The highest BCUT2D eigenvalue weighted by Crippen LogP contribution is 2.14. The molecule has 2 rings (SSSR count). The van der Waals surface area contributed by atoms with Gasteiger partial charge in [0.15, 0.2) is 0 Å². The van der Waals surface area contributed by atoms with Gasteiger partial charge in [-0.15, -0.1) is 6.42 Å². The highest BCUT2D eigenvalue weighted by molar-refractivity contribution is 5.60. The minimum atomic E-state index is 0.312. The zero-order valence-electron chi connectivity index (χ0n) is 10.9. The van der Waals surface area contributed by atoms with Gasteiger partial charge in [-0.1, -0.05) is 53.9 Å². The summed E-state index contributed by atoms with van der Waals surface area (Å²) in [5.41, 5.74) is 3.95. The summed E-state index contributed by atoms with van der Waals surface area (Å²) in [5, 5.41) is 10.0. The molecule has 0 saturated carbocycles. The summed E-state index contributed by atoms with van der Waals surface area (Å²) in [7, 11) is 0. The Balaban J connectivity index is 2.19.